The second-order valence-electron chi connectivity index (χ2n) is 8.59. The lowest BCUT2D eigenvalue weighted by Gasteiger charge is -2.30. The number of aromatic amines is 1. The van der Waals surface area contributed by atoms with Gasteiger partial charge >= 0.3 is 6.09 Å². The Morgan fingerprint density at radius 2 is 1.62 bits per heavy atom. The summed E-state index contributed by atoms with van der Waals surface area (Å²) in [6.45, 7) is 9.22. The van der Waals surface area contributed by atoms with Gasteiger partial charge < -0.3 is 14.5 Å². The molecule has 2 fully saturated rings. The van der Waals surface area contributed by atoms with Crippen molar-refractivity contribution in [3.8, 4) is 5.88 Å². The standard InChI is InChI=1S/C21H29N5O3/c1-13-4-8-25(9-5-13)20(27)16-12-15(3)17-18(22-16)23-24-19(17)29-21(28)26-10-6-14(2)7-11-26/h12-14H,4-11H2,1-3H3,(H,22,23,24). The van der Waals surface area contributed by atoms with E-state index in [0.717, 1.165) is 44.3 Å². The molecule has 2 aromatic heterocycles. The Morgan fingerprint density at radius 3 is 2.24 bits per heavy atom. The predicted molar refractivity (Wildman–Crippen MR) is 109 cm³/mol. The molecule has 4 heterocycles. The van der Waals surface area contributed by atoms with Gasteiger partial charge in [0.1, 0.15) is 5.69 Å². The Morgan fingerprint density at radius 1 is 1.03 bits per heavy atom. The highest BCUT2D eigenvalue weighted by Crippen LogP contribution is 2.28. The van der Waals surface area contributed by atoms with Crippen LogP contribution in [0.4, 0.5) is 4.79 Å². The van der Waals surface area contributed by atoms with Crippen LogP contribution in [0.3, 0.4) is 0 Å². The van der Waals surface area contributed by atoms with Crippen LogP contribution in [0.15, 0.2) is 6.07 Å². The molecular weight excluding hydrogens is 370 g/mol. The number of hydrogen-bond donors (Lipinski definition) is 1. The van der Waals surface area contributed by atoms with Crippen LogP contribution in [0.5, 0.6) is 5.88 Å². The SMILES string of the molecule is Cc1cc(C(=O)N2CCC(C)CC2)nc2[nH]nc(OC(=O)N3CCC(C)CC3)c12. The molecule has 0 bridgehead atoms. The van der Waals surface area contributed by atoms with Crippen molar-refractivity contribution in [1.82, 2.24) is 25.0 Å². The molecular formula is C21H29N5O3. The fraction of sp³-hybridized carbons (Fsp3) is 0.619. The van der Waals surface area contributed by atoms with E-state index in [-0.39, 0.29) is 17.9 Å². The normalized spacial score (nSPS) is 19.0. The number of aromatic nitrogens is 3. The predicted octanol–water partition coefficient (Wildman–Crippen LogP) is 3.37. The van der Waals surface area contributed by atoms with Gasteiger partial charge in [-0.2, -0.15) is 0 Å². The molecule has 0 aromatic carbocycles. The summed E-state index contributed by atoms with van der Waals surface area (Å²) in [4.78, 5) is 33.4. The zero-order chi connectivity index (χ0) is 20.5. The van der Waals surface area contributed by atoms with Gasteiger partial charge in [-0.3, -0.25) is 9.89 Å². The lowest BCUT2D eigenvalue weighted by atomic mass is 9.99. The van der Waals surface area contributed by atoms with E-state index in [2.05, 4.69) is 29.0 Å². The lowest BCUT2D eigenvalue weighted by molar-refractivity contribution is 0.0691. The maximum Gasteiger partial charge on any atom is 0.416 e. The van der Waals surface area contributed by atoms with Gasteiger partial charge in [-0.25, -0.2) is 9.78 Å². The first-order valence-corrected chi connectivity index (χ1v) is 10.5. The number of piperidine rings is 2. The van der Waals surface area contributed by atoms with E-state index >= 15 is 0 Å². The number of ether oxygens (including phenoxy) is 1. The fourth-order valence-electron chi connectivity index (χ4n) is 4.08. The lowest BCUT2D eigenvalue weighted by Crippen LogP contribution is -2.39. The number of amides is 2. The molecule has 0 aliphatic carbocycles. The molecule has 29 heavy (non-hydrogen) atoms. The Hall–Kier alpha value is -2.64. The first-order chi connectivity index (χ1) is 13.9. The molecule has 0 spiro atoms. The third kappa shape index (κ3) is 4.06. The summed E-state index contributed by atoms with van der Waals surface area (Å²) in [6, 6.07) is 1.76. The van der Waals surface area contributed by atoms with E-state index in [0.29, 0.717) is 41.7 Å². The topological polar surface area (TPSA) is 91.4 Å². The number of pyridine rings is 1. The number of fused-ring (bicyclic) bond motifs is 1. The number of likely N-dealkylation sites (tertiary alicyclic amines) is 2. The summed E-state index contributed by atoms with van der Waals surface area (Å²) < 4.78 is 5.56. The van der Waals surface area contributed by atoms with Gasteiger partial charge in [0, 0.05) is 26.2 Å². The maximum absolute atomic E-state index is 12.9. The van der Waals surface area contributed by atoms with Crippen molar-refractivity contribution in [2.24, 2.45) is 11.8 Å². The van der Waals surface area contributed by atoms with Crippen LogP contribution in [0.1, 0.15) is 55.6 Å². The second-order valence-corrected chi connectivity index (χ2v) is 8.59. The molecule has 8 heteroatoms. The van der Waals surface area contributed by atoms with Crippen molar-refractivity contribution in [2.45, 2.75) is 46.5 Å². The molecule has 0 radical (unpaired) electrons. The smallest absolute Gasteiger partial charge is 0.389 e. The number of nitrogens with one attached hydrogen (secondary N) is 1. The zero-order valence-corrected chi connectivity index (χ0v) is 17.4. The van der Waals surface area contributed by atoms with Crippen LogP contribution < -0.4 is 4.74 Å². The van der Waals surface area contributed by atoms with Crippen molar-refractivity contribution in [3.05, 3.63) is 17.3 Å². The van der Waals surface area contributed by atoms with Gasteiger partial charge in [0.25, 0.3) is 11.8 Å². The Labute approximate surface area is 170 Å². The molecule has 156 valence electrons. The van der Waals surface area contributed by atoms with E-state index in [1.54, 1.807) is 11.0 Å². The highest BCUT2D eigenvalue weighted by molar-refractivity contribution is 5.96. The van der Waals surface area contributed by atoms with Crippen molar-refractivity contribution >= 4 is 23.0 Å². The number of hydrogen-bond acceptors (Lipinski definition) is 5. The summed E-state index contributed by atoms with van der Waals surface area (Å²) in [7, 11) is 0. The van der Waals surface area contributed by atoms with Crippen LogP contribution in [-0.4, -0.2) is 63.2 Å². The monoisotopic (exact) mass is 399 g/mol. The molecule has 0 saturated carbocycles. The highest BCUT2D eigenvalue weighted by Gasteiger charge is 2.26. The highest BCUT2D eigenvalue weighted by atomic mass is 16.6. The molecule has 0 atom stereocenters. The largest absolute Gasteiger partial charge is 0.416 e. The van der Waals surface area contributed by atoms with Crippen molar-refractivity contribution in [1.29, 1.82) is 0 Å². The maximum atomic E-state index is 12.9. The van der Waals surface area contributed by atoms with Crippen molar-refractivity contribution in [2.75, 3.05) is 26.2 Å². The molecule has 2 saturated heterocycles. The summed E-state index contributed by atoms with van der Waals surface area (Å²) in [5.74, 6) is 1.46. The van der Waals surface area contributed by atoms with Crippen molar-refractivity contribution < 1.29 is 14.3 Å². The first-order valence-electron chi connectivity index (χ1n) is 10.5. The number of carbonyl (C=O) groups is 2. The number of rotatable bonds is 2. The number of carbonyl (C=O) groups excluding carboxylic acids is 2. The Bertz CT molecular complexity index is 908. The van der Waals surface area contributed by atoms with Crippen molar-refractivity contribution in [3.63, 3.8) is 0 Å². The summed E-state index contributed by atoms with van der Waals surface area (Å²) in [5.41, 5.74) is 1.68. The molecule has 2 amide bonds. The fourth-order valence-corrected chi connectivity index (χ4v) is 4.08. The number of H-pyrrole nitrogens is 1. The third-order valence-corrected chi connectivity index (χ3v) is 6.21. The van der Waals surface area contributed by atoms with Crippen LogP contribution in [0.25, 0.3) is 11.0 Å². The molecule has 2 aliphatic rings. The quantitative estimate of drug-likeness (QED) is 0.836. The van der Waals surface area contributed by atoms with Gasteiger partial charge in [-0.1, -0.05) is 13.8 Å². The molecule has 2 aliphatic heterocycles. The number of aryl methyl sites for hydroxylation is 1. The van der Waals surface area contributed by atoms with E-state index in [9.17, 15) is 9.59 Å². The van der Waals surface area contributed by atoms with Crippen LogP contribution in [-0.2, 0) is 0 Å². The minimum absolute atomic E-state index is 0.0579. The Kier molecular flexibility index (Phi) is 5.43. The molecule has 4 rings (SSSR count). The Balaban J connectivity index is 1.51. The van der Waals surface area contributed by atoms with Gasteiger partial charge in [-0.15, -0.1) is 5.10 Å². The van der Waals surface area contributed by atoms with Crippen LogP contribution in [0.2, 0.25) is 0 Å². The minimum Gasteiger partial charge on any atom is -0.389 e. The molecule has 1 N–H and O–H groups in total. The van der Waals surface area contributed by atoms with Gasteiger partial charge in [0.2, 0.25) is 0 Å². The molecule has 2 aromatic rings. The second kappa shape index (κ2) is 8.00. The van der Waals surface area contributed by atoms with E-state index < -0.39 is 0 Å². The van der Waals surface area contributed by atoms with E-state index in [4.69, 9.17) is 4.74 Å². The summed E-state index contributed by atoms with van der Waals surface area (Å²) >= 11 is 0. The molecule has 0 unspecified atom stereocenters. The van der Waals surface area contributed by atoms with Crippen LogP contribution in [0, 0.1) is 18.8 Å². The summed E-state index contributed by atoms with van der Waals surface area (Å²) in [5, 5.41) is 7.61. The van der Waals surface area contributed by atoms with E-state index in [1.165, 1.54) is 0 Å². The zero-order valence-electron chi connectivity index (χ0n) is 17.4. The van der Waals surface area contributed by atoms with Crippen LogP contribution >= 0.6 is 0 Å². The van der Waals surface area contributed by atoms with Gasteiger partial charge in [-0.05, 0) is 56.1 Å². The summed E-state index contributed by atoms with van der Waals surface area (Å²) in [6.07, 6.45) is 3.63. The number of nitrogens with zero attached hydrogens (tertiary/aromatic N) is 4. The molecule has 8 nitrogen and oxygen atoms in total. The first kappa shape index (κ1) is 19.7. The van der Waals surface area contributed by atoms with Gasteiger partial charge in [0.05, 0.1) is 5.39 Å². The minimum atomic E-state index is -0.382. The third-order valence-electron chi connectivity index (χ3n) is 6.21. The average Bonchev–Trinajstić information content (AvgIpc) is 3.11. The van der Waals surface area contributed by atoms with Gasteiger partial charge in [0.15, 0.2) is 5.65 Å². The van der Waals surface area contributed by atoms with E-state index in [1.807, 2.05) is 11.8 Å². The average molecular weight is 399 g/mol.